The fraction of sp³-hybridized carbons (Fsp3) is 0.467. The Bertz CT molecular complexity index is 373. The average Bonchev–Trinajstić information content (AvgIpc) is 2.30. The van der Waals surface area contributed by atoms with Crippen molar-refractivity contribution < 1.29 is 0 Å². The van der Waals surface area contributed by atoms with Crippen molar-refractivity contribution in [2.45, 2.75) is 44.3 Å². The standard InChI is InChI=1S/C15H20S/c1-11(2)12-3-5-13(6-4-12)14-7-9-15(16)10-8-14/h3-7,11,15-16H,8-10H2,1-2H3/t15-/m1/s1. The topological polar surface area (TPSA) is 0 Å². The predicted molar refractivity (Wildman–Crippen MR) is 75.1 cm³/mol. The summed E-state index contributed by atoms with van der Waals surface area (Å²) in [5.74, 6) is 0.621. The molecule has 1 aromatic rings. The van der Waals surface area contributed by atoms with Crippen LogP contribution in [0.15, 0.2) is 30.3 Å². The number of benzene rings is 1. The van der Waals surface area contributed by atoms with Crippen LogP contribution in [0.5, 0.6) is 0 Å². The number of rotatable bonds is 2. The van der Waals surface area contributed by atoms with Crippen LogP contribution in [0.1, 0.15) is 50.2 Å². The van der Waals surface area contributed by atoms with E-state index in [1.165, 1.54) is 29.5 Å². The molecule has 0 nitrogen and oxygen atoms in total. The minimum Gasteiger partial charge on any atom is -0.176 e. The first-order chi connectivity index (χ1) is 7.66. The fourth-order valence-corrected chi connectivity index (χ4v) is 2.40. The molecule has 0 aromatic heterocycles. The molecule has 0 fully saturated rings. The third-order valence-corrected chi connectivity index (χ3v) is 3.80. The van der Waals surface area contributed by atoms with E-state index >= 15 is 0 Å². The van der Waals surface area contributed by atoms with E-state index in [0.29, 0.717) is 11.2 Å². The molecule has 0 bridgehead atoms. The largest absolute Gasteiger partial charge is 0.176 e. The van der Waals surface area contributed by atoms with E-state index in [1.54, 1.807) is 0 Å². The van der Waals surface area contributed by atoms with Crippen molar-refractivity contribution in [2.24, 2.45) is 0 Å². The SMILES string of the molecule is CC(C)c1ccc(C2=CC[C@@H](S)CC2)cc1. The van der Waals surface area contributed by atoms with E-state index in [1.807, 2.05) is 0 Å². The van der Waals surface area contributed by atoms with Crippen molar-refractivity contribution in [1.29, 1.82) is 0 Å². The lowest BCUT2D eigenvalue weighted by atomic mass is 9.92. The van der Waals surface area contributed by atoms with Crippen molar-refractivity contribution in [3.05, 3.63) is 41.5 Å². The van der Waals surface area contributed by atoms with Gasteiger partial charge in [0.05, 0.1) is 0 Å². The molecule has 0 amide bonds. The molecule has 0 spiro atoms. The monoisotopic (exact) mass is 232 g/mol. The Hall–Kier alpha value is -0.690. The Balaban J connectivity index is 2.16. The van der Waals surface area contributed by atoms with Gasteiger partial charge in [-0.3, -0.25) is 0 Å². The zero-order chi connectivity index (χ0) is 11.5. The van der Waals surface area contributed by atoms with Gasteiger partial charge < -0.3 is 0 Å². The highest BCUT2D eigenvalue weighted by Crippen LogP contribution is 2.29. The van der Waals surface area contributed by atoms with E-state index in [4.69, 9.17) is 0 Å². The smallest absolute Gasteiger partial charge is 0.00546 e. The van der Waals surface area contributed by atoms with Gasteiger partial charge in [-0.05, 0) is 41.9 Å². The Morgan fingerprint density at radius 1 is 1.19 bits per heavy atom. The third-order valence-electron chi connectivity index (χ3n) is 3.33. The summed E-state index contributed by atoms with van der Waals surface area (Å²) in [7, 11) is 0. The summed E-state index contributed by atoms with van der Waals surface area (Å²) in [6.45, 7) is 4.47. The van der Waals surface area contributed by atoms with Gasteiger partial charge in [0.1, 0.15) is 0 Å². The summed E-state index contributed by atoms with van der Waals surface area (Å²) in [5, 5.41) is 0.568. The minimum atomic E-state index is 0.568. The molecule has 16 heavy (non-hydrogen) atoms. The summed E-state index contributed by atoms with van der Waals surface area (Å²) in [5.41, 5.74) is 4.32. The third kappa shape index (κ3) is 2.70. The van der Waals surface area contributed by atoms with Crippen LogP contribution in [0.25, 0.3) is 5.57 Å². The van der Waals surface area contributed by atoms with Gasteiger partial charge in [0.2, 0.25) is 0 Å². The number of hydrogen-bond donors (Lipinski definition) is 1. The van der Waals surface area contributed by atoms with Crippen LogP contribution in [0.2, 0.25) is 0 Å². The molecule has 0 N–H and O–H groups in total. The molecule has 0 saturated carbocycles. The van der Waals surface area contributed by atoms with Crippen LogP contribution in [-0.2, 0) is 0 Å². The van der Waals surface area contributed by atoms with E-state index in [2.05, 4.69) is 56.8 Å². The van der Waals surface area contributed by atoms with Crippen LogP contribution < -0.4 is 0 Å². The van der Waals surface area contributed by atoms with Crippen LogP contribution in [0.4, 0.5) is 0 Å². The van der Waals surface area contributed by atoms with Crippen LogP contribution in [0, 0.1) is 0 Å². The van der Waals surface area contributed by atoms with Crippen molar-refractivity contribution in [3.63, 3.8) is 0 Å². The van der Waals surface area contributed by atoms with Crippen molar-refractivity contribution in [3.8, 4) is 0 Å². The summed E-state index contributed by atoms with van der Waals surface area (Å²) in [4.78, 5) is 0. The Morgan fingerprint density at radius 2 is 1.88 bits per heavy atom. The Morgan fingerprint density at radius 3 is 2.38 bits per heavy atom. The maximum atomic E-state index is 4.51. The van der Waals surface area contributed by atoms with E-state index in [-0.39, 0.29) is 0 Å². The highest BCUT2D eigenvalue weighted by Gasteiger charge is 2.12. The van der Waals surface area contributed by atoms with Crippen molar-refractivity contribution in [1.82, 2.24) is 0 Å². The Labute approximate surface area is 104 Å². The summed E-state index contributed by atoms with van der Waals surface area (Å²) in [6.07, 6.45) is 5.85. The zero-order valence-electron chi connectivity index (χ0n) is 10.1. The first-order valence-electron chi connectivity index (χ1n) is 6.14. The molecule has 1 atom stereocenters. The molecule has 0 heterocycles. The average molecular weight is 232 g/mol. The fourth-order valence-electron chi connectivity index (χ4n) is 2.16. The van der Waals surface area contributed by atoms with Gasteiger partial charge in [0.15, 0.2) is 0 Å². The molecule has 0 aliphatic heterocycles. The van der Waals surface area contributed by atoms with Gasteiger partial charge in [-0.15, -0.1) is 0 Å². The highest BCUT2D eigenvalue weighted by molar-refractivity contribution is 7.80. The summed E-state index contributed by atoms with van der Waals surface area (Å²) in [6, 6.07) is 9.04. The van der Waals surface area contributed by atoms with Crippen molar-refractivity contribution >= 4 is 18.2 Å². The van der Waals surface area contributed by atoms with Crippen molar-refractivity contribution in [2.75, 3.05) is 0 Å². The summed E-state index contributed by atoms with van der Waals surface area (Å²) < 4.78 is 0. The molecular weight excluding hydrogens is 212 g/mol. The minimum absolute atomic E-state index is 0.568. The van der Waals surface area contributed by atoms with Gasteiger partial charge in [0.25, 0.3) is 0 Å². The lowest BCUT2D eigenvalue weighted by molar-refractivity contribution is 0.765. The molecule has 0 radical (unpaired) electrons. The van der Waals surface area contributed by atoms with E-state index < -0.39 is 0 Å². The molecule has 1 aliphatic carbocycles. The highest BCUT2D eigenvalue weighted by atomic mass is 32.1. The first kappa shape index (κ1) is 11.8. The van der Waals surface area contributed by atoms with Crippen LogP contribution in [-0.4, -0.2) is 5.25 Å². The molecule has 0 unspecified atom stereocenters. The molecule has 1 aromatic carbocycles. The molecule has 86 valence electrons. The quantitative estimate of drug-likeness (QED) is 0.703. The first-order valence-corrected chi connectivity index (χ1v) is 6.66. The van der Waals surface area contributed by atoms with Gasteiger partial charge in [0, 0.05) is 5.25 Å². The molecule has 1 heteroatoms. The second-order valence-corrected chi connectivity index (χ2v) is 5.66. The maximum Gasteiger partial charge on any atom is 0.00546 e. The lowest BCUT2D eigenvalue weighted by Gasteiger charge is -2.18. The molecule has 2 rings (SSSR count). The van der Waals surface area contributed by atoms with Gasteiger partial charge in [-0.1, -0.05) is 44.2 Å². The maximum absolute atomic E-state index is 4.51. The number of thiol groups is 1. The molecule has 1 aliphatic rings. The molecular formula is C15H20S. The second-order valence-electron chi connectivity index (χ2n) is 4.93. The number of allylic oxidation sites excluding steroid dienone is 2. The van der Waals surface area contributed by atoms with Crippen LogP contribution >= 0.6 is 12.6 Å². The van der Waals surface area contributed by atoms with Gasteiger partial charge in [-0.2, -0.15) is 12.6 Å². The normalized spacial score (nSPS) is 21.0. The van der Waals surface area contributed by atoms with Crippen LogP contribution in [0.3, 0.4) is 0 Å². The molecule has 0 saturated heterocycles. The van der Waals surface area contributed by atoms with E-state index in [0.717, 1.165) is 6.42 Å². The predicted octanol–water partition coefficient (Wildman–Crippen LogP) is 4.68. The summed E-state index contributed by atoms with van der Waals surface area (Å²) >= 11 is 4.51. The second kappa shape index (κ2) is 5.09. The van der Waals surface area contributed by atoms with Gasteiger partial charge >= 0.3 is 0 Å². The Kier molecular flexibility index (Phi) is 3.75. The van der Waals surface area contributed by atoms with Gasteiger partial charge in [-0.25, -0.2) is 0 Å². The number of hydrogen-bond acceptors (Lipinski definition) is 1. The van der Waals surface area contributed by atoms with E-state index in [9.17, 15) is 0 Å². The lowest BCUT2D eigenvalue weighted by Crippen LogP contribution is -2.03. The zero-order valence-corrected chi connectivity index (χ0v) is 11.0.